The fourth-order valence-electron chi connectivity index (χ4n) is 4.30. The van der Waals surface area contributed by atoms with Crippen molar-refractivity contribution in [1.82, 2.24) is 10.2 Å². The Labute approximate surface area is 181 Å². The topological polar surface area (TPSA) is 41.6 Å². The third-order valence-electron chi connectivity index (χ3n) is 5.99. The summed E-state index contributed by atoms with van der Waals surface area (Å²) in [7, 11) is 1.67. The molecular weight excluding hydrogens is 372 g/mol. The summed E-state index contributed by atoms with van der Waals surface area (Å²) >= 11 is 0. The van der Waals surface area contributed by atoms with E-state index in [9.17, 15) is 4.79 Å². The number of carbonyl (C=O) groups excluding carboxylic acids is 1. The lowest BCUT2D eigenvalue weighted by Crippen LogP contribution is -2.41. The summed E-state index contributed by atoms with van der Waals surface area (Å²) in [4.78, 5) is 15.5. The van der Waals surface area contributed by atoms with E-state index in [0.29, 0.717) is 5.92 Å². The Balaban J connectivity index is 1.55. The Morgan fingerprint density at radius 1 is 1.13 bits per heavy atom. The van der Waals surface area contributed by atoms with E-state index in [2.05, 4.69) is 67.4 Å². The minimum atomic E-state index is 0.0497. The van der Waals surface area contributed by atoms with Crippen molar-refractivity contribution in [2.45, 2.75) is 52.6 Å². The summed E-state index contributed by atoms with van der Waals surface area (Å²) < 4.78 is 5.27. The number of aryl methyl sites for hydroxylation is 1. The van der Waals surface area contributed by atoms with Crippen molar-refractivity contribution in [2.75, 3.05) is 20.2 Å². The summed E-state index contributed by atoms with van der Waals surface area (Å²) in [6.45, 7) is 9.46. The third kappa shape index (κ3) is 6.33. The molecule has 3 rings (SSSR count). The van der Waals surface area contributed by atoms with E-state index in [-0.39, 0.29) is 17.9 Å². The second-order valence-corrected chi connectivity index (χ2v) is 9.00. The fraction of sp³-hybridized carbons (Fsp3) is 0.500. The van der Waals surface area contributed by atoms with Crippen molar-refractivity contribution in [1.29, 1.82) is 0 Å². The number of carbonyl (C=O) groups is 1. The van der Waals surface area contributed by atoms with Crippen molar-refractivity contribution < 1.29 is 9.53 Å². The molecule has 162 valence electrons. The fourth-order valence-corrected chi connectivity index (χ4v) is 4.30. The van der Waals surface area contributed by atoms with Crippen LogP contribution in [0.15, 0.2) is 48.5 Å². The maximum atomic E-state index is 13.0. The van der Waals surface area contributed by atoms with Gasteiger partial charge < -0.3 is 10.1 Å². The van der Waals surface area contributed by atoms with Crippen molar-refractivity contribution in [3.8, 4) is 5.75 Å². The Hall–Kier alpha value is -2.33. The molecule has 2 aromatic rings. The van der Waals surface area contributed by atoms with E-state index < -0.39 is 0 Å². The Morgan fingerprint density at radius 3 is 2.43 bits per heavy atom. The van der Waals surface area contributed by atoms with Crippen LogP contribution in [0.5, 0.6) is 5.75 Å². The molecule has 0 aromatic heterocycles. The molecule has 4 heteroatoms. The average Bonchev–Trinajstić information content (AvgIpc) is 2.73. The third-order valence-corrected chi connectivity index (χ3v) is 5.99. The average molecular weight is 409 g/mol. The standard InChI is InChI=1S/C26H36N2O2/c1-19(2)16-25(22-8-10-24(30-4)11-9-22)27-26(29)23-12-14-28(15-13-23)18-21-7-5-6-20(3)17-21/h5-11,17,19,23,25H,12-16,18H2,1-4H3,(H,27,29)/t25-/m0/s1. The van der Waals surface area contributed by atoms with Crippen LogP contribution in [0.3, 0.4) is 0 Å². The molecule has 1 aliphatic rings. The lowest BCUT2D eigenvalue weighted by Gasteiger charge is -2.32. The monoisotopic (exact) mass is 408 g/mol. The highest BCUT2D eigenvalue weighted by Crippen LogP contribution is 2.26. The maximum Gasteiger partial charge on any atom is 0.223 e. The largest absolute Gasteiger partial charge is 0.497 e. The number of rotatable bonds is 8. The lowest BCUT2D eigenvalue weighted by molar-refractivity contribution is -0.127. The first-order chi connectivity index (χ1) is 14.4. The highest BCUT2D eigenvalue weighted by Gasteiger charge is 2.27. The van der Waals surface area contributed by atoms with Gasteiger partial charge in [0, 0.05) is 12.5 Å². The van der Waals surface area contributed by atoms with E-state index in [1.165, 1.54) is 11.1 Å². The first kappa shape index (κ1) is 22.4. The molecule has 0 radical (unpaired) electrons. The van der Waals surface area contributed by atoms with Gasteiger partial charge in [-0.1, -0.05) is 55.8 Å². The predicted molar refractivity (Wildman–Crippen MR) is 123 cm³/mol. The van der Waals surface area contributed by atoms with Crippen molar-refractivity contribution >= 4 is 5.91 Å². The molecule has 0 spiro atoms. The Bertz CT molecular complexity index is 808. The van der Waals surface area contributed by atoms with Crippen molar-refractivity contribution in [3.63, 3.8) is 0 Å². The van der Waals surface area contributed by atoms with Gasteiger partial charge in [-0.05, 0) is 68.5 Å². The molecule has 1 amide bonds. The van der Waals surface area contributed by atoms with Gasteiger partial charge in [0.25, 0.3) is 0 Å². The minimum Gasteiger partial charge on any atom is -0.497 e. The van der Waals surface area contributed by atoms with Crippen molar-refractivity contribution in [2.24, 2.45) is 11.8 Å². The number of hydrogen-bond donors (Lipinski definition) is 1. The number of ether oxygens (including phenoxy) is 1. The second-order valence-electron chi connectivity index (χ2n) is 9.00. The number of benzene rings is 2. The van der Waals surface area contributed by atoms with E-state index in [1.807, 2.05) is 12.1 Å². The van der Waals surface area contributed by atoms with Crippen LogP contribution in [0.4, 0.5) is 0 Å². The van der Waals surface area contributed by atoms with Crippen LogP contribution in [0.1, 0.15) is 55.8 Å². The zero-order chi connectivity index (χ0) is 21.5. The molecule has 1 heterocycles. The normalized spacial score (nSPS) is 16.4. The van der Waals surface area contributed by atoms with E-state index in [4.69, 9.17) is 4.74 Å². The molecule has 0 saturated carbocycles. The summed E-state index contributed by atoms with van der Waals surface area (Å²) in [5.74, 6) is 1.65. The number of amides is 1. The van der Waals surface area contributed by atoms with Gasteiger partial charge in [0.2, 0.25) is 5.91 Å². The summed E-state index contributed by atoms with van der Waals surface area (Å²) in [6, 6.07) is 16.8. The highest BCUT2D eigenvalue weighted by molar-refractivity contribution is 5.79. The minimum absolute atomic E-state index is 0.0497. The van der Waals surface area contributed by atoms with E-state index in [0.717, 1.165) is 50.2 Å². The first-order valence-electron chi connectivity index (χ1n) is 11.2. The number of methoxy groups -OCH3 is 1. The SMILES string of the molecule is COc1ccc([C@H](CC(C)C)NC(=O)C2CCN(Cc3cccc(C)c3)CC2)cc1. The van der Waals surface area contributed by atoms with Crippen LogP contribution < -0.4 is 10.1 Å². The van der Waals surface area contributed by atoms with Crippen LogP contribution in [0.2, 0.25) is 0 Å². The molecule has 1 atom stereocenters. The molecule has 1 aliphatic heterocycles. The van der Waals surface area contributed by atoms with Gasteiger partial charge in [0.15, 0.2) is 0 Å². The molecule has 0 bridgehead atoms. The van der Waals surface area contributed by atoms with Gasteiger partial charge in [0.05, 0.1) is 13.2 Å². The molecule has 2 aromatic carbocycles. The lowest BCUT2D eigenvalue weighted by atomic mass is 9.92. The second kappa shape index (κ2) is 10.6. The number of nitrogens with zero attached hydrogens (tertiary/aromatic N) is 1. The van der Waals surface area contributed by atoms with Gasteiger partial charge in [-0.2, -0.15) is 0 Å². The van der Waals surface area contributed by atoms with Gasteiger partial charge in [0.1, 0.15) is 5.75 Å². The smallest absolute Gasteiger partial charge is 0.223 e. The van der Waals surface area contributed by atoms with Crippen LogP contribution in [0, 0.1) is 18.8 Å². The molecule has 4 nitrogen and oxygen atoms in total. The van der Waals surface area contributed by atoms with Crippen molar-refractivity contribution in [3.05, 3.63) is 65.2 Å². The molecule has 0 aliphatic carbocycles. The van der Waals surface area contributed by atoms with Crippen LogP contribution in [-0.4, -0.2) is 31.0 Å². The quantitative estimate of drug-likeness (QED) is 0.659. The molecular formula is C26H36N2O2. The highest BCUT2D eigenvalue weighted by atomic mass is 16.5. The number of piperidine rings is 1. The zero-order valence-electron chi connectivity index (χ0n) is 18.9. The van der Waals surface area contributed by atoms with Crippen LogP contribution in [-0.2, 0) is 11.3 Å². The summed E-state index contributed by atoms with van der Waals surface area (Å²) in [6.07, 6.45) is 2.79. The first-order valence-corrected chi connectivity index (χ1v) is 11.2. The molecule has 0 unspecified atom stereocenters. The molecule has 1 fully saturated rings. The zero-order valence-corrected chi connectivity index (χ0v) is 18.9. The molecule has 1 saturated heterocycles. The number of likely N-dealkylation sites (tertiary alicyclic amines) is 1. The number of nitrogens with one attached hydrogen (secondary N) is 1. The van der Waals surface area contributed by atoms with Gasteiger partial charge in [-0.15, -0.1) is 0 Å². The summed E-state index contributed by atoms with van der Waals surface area (Å²) in [5, 5.41) is 3.35. The van der Waals surface area contributed by atoms with Gasteiger partial charge >= 0.3 is 0 Å². The molecule has 30 heavy (non-hydrogen) atoms. The van der Waals surface area contributed by atoms with Crippen LogP contribution in [0.25, 0.3) is 0 Å². The van der Waals surface area contributed by atoms with Gasteiger partial charge in [-0.25, -0.2) is 0 Å². The Kier molecular flexibility index (Phi) is 7.92. The van der Waals surface area contributed by atoms with E-state index >= 15 is 0 Å². The molecule has 1 N–H and O–H groups in total. The van der Waals surface area contributed by atoms with Gasteiger partial charge in [-0.3, -0.25) is 9.69 Å². The van der Waals surface area contributed by atoms with Crippen LogP contribution >= 0.6 is 0 Å². The summed E-state index contributed by atoms with van der Waals surface area (Å²) in [5.41, 5.74) is 3.81. The Morgan fingerprint density at radius 2 is 1.83 bits per heavy atom. The number of hydrogen-bond acceptors (Lipinski definition) is 3. The van der Waals surface area contributed by atoms with E-state index in [1.54, 1.807) is 7.11 Å². The predicted octanol–water partition coefficient (Wildman–Crippen LogP) is 5.12. The maximum absolute atomic E-state index is 13.0.